The maximum atomic E-state index is 12.2. The van der Waals surface area contributed by atoms with E-state index >= 15 is 0 Å². The maximum Gasteiger partial charge on any atom is 0.252 e. The Bertz CT molecular complexity index is 954. The molecule has 0 radical (unpaired) electrons. The van der Waals surface area contributed by atoms with Gasteiger partial charge in [0.1, 0.15) is 6.33 Å². The van der Waals surface area contributed by atoms with Gasteiger partial charge in [-0.15, -0.1) is 10.2 Å². The number of aromatic nitrogens is 3. The highest BCUT2D eigenvalue weighted by molar-refractivity contribution is 14.1. The van der Waals surface area contributed by atoms with Crippen molar-refractivity contribution in [3.8, 4) is 11.4 Å². The summed E-state index contributed by atoms with van der Waals surface area (Å²) >= 11 is 2.09. The van der Waals surface area contributed by atoms with Crippen molar-refractivity contribution < 1.29 is 9.59 Å². The minimum absolute atomic E-state index is 0.113. The predicted octanol–water partition coefficient (Wildman–Crippen LogP) is 2.46. The van der Waals surface area contributed by atoms with Crippen LogP contribution in [0.2, 0.25) is 0 Å². The number of aryl methyl sites for hydroxylation is 1. The molecule has 0 aliphatic heterocycles. The second-order valence-electron chi connectivity index (χ2n) is 5.56. The van der Waals surface area contributed by atoms with Crippen LogP contribution in [0.15, 0.2) is 54.9 Å². The van der Waals surface area contributed by atoms with E-state index in [2.05, 4.69) is 43.4 Å². The maximum absolute atomic E-state index is 12.2. The number of nitrogens with zero attached hydrogens (tertiary/aromatic N) is 3. The van der Waals surface area contributed by atoms with Gasteiger partial charge >= 0.3 is 0 Å². The van der Waals surface area contributed by atoms with E-state index in [4.69, 9.17) is 0 Å². The highest BCUT2D eigenvalue weighted by Crippen LogP contribution is 2.20. The van der Waals surface area contributed by atoms with E-state index in [1.54, 1.807) is 29.1 Å². The van der Waals surface area contributed by atoms with Crippen molar-refractivity contribution >= 4 is 40.1 Å². The van der Waals surface area contributed by atoms with Crippen LogP contribution in [-0.2, 0) is 11.8 Å². The van der Waals surface area contributed by atoms with Crippen molar-refractivity contribution in [1.29, 1.82) is 0 Å². The van der Waals surface area contributed by atoms with E-state index < -0.39 is 0 Å². The minimum Gasteiger partial charge on any atom is -0.343 e. The van der Waals surface area contributed by atoms with Gasteiger partial charge in [-0.25, -0.2) is 0 Å². The fourth-order valence-corrected chi connectivity index (χ4v) is 3.02. The number of rotatable bonds is 5. The molecule has 0 unspecified atom stereocenters. The number of nitrogens with one attached hydrogen (secondary N) is 2. The number of carbonyl (C=O) groups is 2. The van der Waals surface area contributed by atoms with Gasteiger partial charge in [-0.2, -0.15) is 0 Å². The summed E-state index contributed by atoms with van der Waals surface area (Å²) in [5, 5.41) is 13.3. The van der Waals surface area contributed by atoms with Gasteiger partial charge in [0.25, 0.3) is 5.91 Å². The second-order valence-corrected chi connectivity index (χ2v) is 6.72. The Labute approximate surface area is 164 Å². The molecule has 0 fully saturated rings. The summed E-state index contributed by atoms with van der Waals surface area (Å²) in [6.45, 7) is -0.113. The number of halogens is 1. The fourth-order valence-electron chi connectivity index (χ4n) is 2.39. The molecule has 3 rings (SSSR count). The lowest BCUT2D eigenvalue weighted by molar-refractivity contribution is -0.115. The molecule has 2 aromatic carbocycles. The lowest BCUT2D eigenvalue weighted by atomic mass is 10.2. The molecule has 0 spiro atoms. The lowest BCUT2D eigenvalue weighted by Crippen LogP contribution is -2.33. The third-order valence-electron chi connectivity index (χ3n) is 3.64. The fraction of sp³-hybridized carbons (Fsp3) is 0.111. The molecule has 0 saturated heterocycles. The highest BCUT2D eigenvalue weighted by Gasteiger charge is 2.11. The van der Waals surface area contributed by atoms with Crippen molar-refractivity contribution in [3.05, 3.63) is 64.0 Å². The van der Waals surface area contributed by atoms with Crippen LogP contribution in [0.1, 0.15) is 10.4 Å². The zero-order valence-corrected chi connectivity index (χ0v) is 16.1. The molecule has 1 aromatic heterocycles. The molecule has 7 nitrogen and oxygen atoms in total. The first-order valence-electron chi connectivity index (χ1n) is 7.81. The normalized spacial score (nSPS) is 10.4. The molecule has 0 bridgehead atoms. The number of hydrogen-bond donors (Lipinski definition) is 2. The first-order chi connectivity index (χ1) is 12.5. The molecule has 0 saturated carbocycles. The van der Waals surface area contributed by atoms with Gasteiger partial charge < -0.3 is 15.2 Å². The number of benzene rings is 2. The first kappa shape index (κ1) is 18.1. The smallest absolute Gasteiger partial charge is 0.252 e. The molecular formula is C18H16IN5O2. The van der Waals surface area contributed by atoms with Gasteiger partial charge in [-0.05, 0) is 46.9 Å². The van der Waals surface area contributed by atoms with Crippen LogP contribution >= 0.6 is 22.6 Å². The van der Waals surface area contributed by atoms with Crippen LogP contribution in [0.25, 0.3) is 11.4 Å². The van der Waals surface area contributed by atoms with Crippen LogP contribution in [-0.4, -0.2) is 33.1 Å². The third-order valence-corrected chi connectivity index (χ3v) is 4.58. The SMILES string of the molecule is Cn1cnnc1-c1cccc(NC(=O)CNC(=O)c2ccccc2I)c1. The Hall–Kier alpha value is -2.75. The molecule has 0 atom stereocenters. The predicted molar refractivity (Wildman–Crippen MR) is 107 cm³/mol. The molecule has 2 N–H and O–H groups in total. The first-order valence-corrected chi connectivity index (χ1v) is 8.89. The summed E-state index contributed by atoms with van der Waals surface area (Å²) in [6, 6.07) is 14.5. The summed E-state index contributed by atoms with van der Waals surface area (Å²) in [7, 11) is 1.85. The number of anilines is 1. The van der Waals surface area contributed by atoms with Crippen LogP contribution < -0.4 is 10.6 Å². The summed E-state index contributed by atoms with van der Waals surface area (Å²) in [6.07, 6.45) is 1.61. The quantitative estimate of drug-likeness (QED) is 0.572. The molecule has 132 valence electrons. The standard InChI is InChI=1S/C18H16IN5O2/c1-24-11-21-23-17(24)12-5-4-6-13(9-12)22-16(25)10-20-18(26)14-7-2-3-8-15(14)19/h2-9,11H,10H2,1H3,(H,20,26)(H,22,25). The zero-order valence-electron chi connectivity index (χ0n) is 13.9. The average Bonchev–Trinajstić information content (AvgIpc) is 3.06. The van der Waals surface area contributed by atoms with Crippen molar-refractivity contribution in [1.82, 2.24) is 20.1 Å². The van der Waals surface area contributed by atoms with Gasteiger partial charge in [0.2, 0.25) is 5.91 Å². The van der Waals surface area contributed by atoms with Crippen molar-refractivity contribution in [2.45, 2.75) is 0 Å². The van der Waals surface area contributed by atoms with Crippen LogP contribution in [0.3, 0.4) is 0 Å². The molecule has 0 aliphatic rings. The Kier molecular flexibility index (Phi) is 5.61. The number of carbonyl (C=O) groups excluding carboxylic acids is 2. The minimum atomic E-state index is -0.306. The molecule has 1 heterocycles. The van der Waals surface area contributed by atoms with E-state index in [0.29, 0.717) is 17.1 Å². The average molecular weight is 461 g/mol. The Morgan fingerprint density at radius 3 is 2.69 bits per heavy atom. The Morgan fingerprint density at radius 1 is 1.15 bits per heavy atom. The summed E-state index contributed by atoms with van der Waals surface area (Å²) in [5.74, 6) is 0.116. The molecule has 0 aliphatic carbocycles. The lowest BCUT2D eigenvalue weighted by Gasteiger charge is -2.09. The van der Waals surface area contributed by atoms with Gasteiger partial charge in [0.05, 0.1) is 12.1 Å². The Balaban J connectivity index is 1.61. The molecule has 3 aromatic rings. The van der Waals surface area contributed by atoms with E-state index in [0.717, 1.165) is 9.13 Å². The van der Waals surface area contributed by atoms with Crippen LogP contribution in [0.5, 0.6) is 0 Å². The topological polar surface area (TPSA) is 88.9 Å². The van der Waals surface area contributed by atoms with Gasteiger partial charge in [-0.1, -0.05) is 24.3 Å². The molecule has 2 amide bonds. The highest BCUT2D eigenvalue weighted by atomic mass is 127. The van der Waals surface area contributed by atoms with Crippen LogP contribution in [0.4, 0.5) is 5.69 Å². The largest absolute Gasteiger partial charge is 0.343 e. The van der Waals surface area contributed by atoms with Gasteiger partial charge in [0, 0.05) is 21.9 Å². The summed E-state index contributed by atoms with van der Waals surface area (Å²) < 4.78 is 2.63. The summed E-state index contributed by atoms with van der Waals surface area (Å²) in [5.41, 5.74) is 2.01. The monoisotopic (exact) mass is 461 g/mol. The van der Waals surface area contributed by atoms with E-state index in [9.17, 15) is 9.59 Å². The molecular weight excluding hydrogens is 445 g/mol. The van der Waals surface area contributed by atoms with Crippen molar-refractivity contribution in [3.63, 3.8) is 0 Å². The molecule has 8 heteroatoms. The van der Waals surface area contributed by atoms with E-state index in [1.165, 1.54) is 0 Å². The third kappa shape index (κ3) is 4.26. The number of hydrogen-bond acceptors (Lipinski definition) is 4. The van der Waals surface area contributed by atoms with Gasteiger partial charge in [0.15, 0.2) is 5.82 Å². The Morgan fingerprint density at radius 2 is 1.96 bits per heavy atom. The molecule has 26 heavy (non-hydrogen) atoms. The van der Waals surface area contributed by atoms with Crippen molar-refractivity contribution in [2.75, 3.05) is 11.9 Å². The summed E-state index contributed by atoms with van der Waals surface area (Å²) in [4.78, 5) is 24.3. The van der Waals surface area contributed by atoms with Crippen molar-refractivity contribution in [2.24, 2.45) is 7.05 Å². The van der Waals surface area contributed by atoms with Crippen LogP contribution in [0, 0.1) is 3.57 Å². The number of amides is 2. The van der Waals surface area contributed by atoms with E-state index in [-0.39, 0.29) is 18.4 Å². The van der Waals surface area contributed by atoms with E-state index in [1.807, 2.05) is 37.4 Å². The van der Waals surface area contributed by atoms with Gasteiger partial charge in [-0.3, -0.25) is 9.59 Å². The zero-order chi connectivity index (χ0) is 18.5. The second kappa shape index (κ2) is 8.09.